The number of hydrogen-bond donors (Lipinski definition) is 0. The predicted octanol–water partition coefficient (Wildman–Crippen LogP) is 1.80. The van der Waals surface area contributed by atoms with Crippen molar-refractivity contribution in [1.82, 2.24) is 0 Å². The fourth-order valence-corrected chi connectivity index (χ4v) is 0.713. The second kappa shape index (κ2) is 5.08. The molecule has 0 heterocycles. The highest BCUT2D eigenvalue weighted by Gasteiger charge is 2.12. The molecule has 0 N–H and O–H groups in total. The smallest absolute Gasteiger partial charge is 0.142 e. The van der Waals surface area contributed by atoms with Gasteiger partial charge in [0.2, 0.25) is 0 Å². The number of allylic oxidation sites excluding steroid dienone is 1. The molecular weight excluding hydrogens is 140 g/mol. The van der Waals surface area contributed by atoms with Crippen LogP contribution in [0, 0.1) is 5.41 Å². The van der Waals surface area contributed by atoms with Crippen LogP contribution in [-0.4, -0.2) is 19.5 Å². The lowest BCUT2D eigenvalue weighted by atomic mass is 9.94. The van der Waals surface area contributed by atoms with Crippen LogP contribution in [0.4, 0.5) is 0 Å². The molecule has 0 rings (SSSR count). The van der Waals surface area contributed by atoms with E-state index in [0.717, 1.165) is 12.9 Å². The van der Waals surface area contributed by atoms with Crippen molar-refractivity contribution >= 4 is 6.29 Å². The van der Waals surface area contributed by atoms with Gasteiger partial charge in [-0.25, -0.2) is 0 Å². The summed E-state index contributed by atoms with van der Waals surface area (Å²) >= 11 is 0. The van der Waals surface area contributed by atoms with Gasteiger partial charge in [0, 0.05) is 12.0 Å². The fraction of sp³-hybridized carbons (Fsp3) is 0.667. The van der Waals surface area contributed by atoms with Crippen LogP contribution in [-0.2, 0) is 9.53 Å². The quantitative estimate of drug-likeness (QED) is 0.448. The molecule has 11 heavy (non-hydrogen) atoms. The normalized spacial score (nSPS) is 12.3. The first-order valence-electron chi connectivity index (χ1n) is 3.83. The Morgan fingerprint density at radius 1 is 1.45 bits per heavy atom. The third-order valence-electron chi connectivity index (χ3n) is 1.30. The van der Waals surface area contributed by atoms with Crippen LogP contribution < -0.4 is 0 Å². The highest BCUT2D eigenvalue weighted by atomic mass is 16.5. The molecule has 0 aliphatic carbocycles. The van der Waals surface area contributed by atoms with Gasteiger partial charge >= 0.3 is 0 Å². The highest BCUT2D eigenvalue weighted by molar-refractivity contribution is 5.64. The van der Waals surface area contributed by atoms with Crippen LogP contribution in [0.3, 0.4) is 0 Å². The van der Waals surface area contributed by atoms with E-state index in [1.54, 1.807) is 0 Å². The molecule has 0 aromatic carbocycles. The van der Waals surface area contributed by atoms with Gasteiger partial charge in [0.15, 0.2) is 0 Å². The van der Waals surface area contributed by atoms with Crippen LogP contribution in [0.2, 0.25) is 0 Å². The molecule has 0 unspecified atom stereocenters. The Balaban J connectivity index is 3.78. The monoisotopic (exact) mass is 156 g/mol. The van der Waals surface area contributed by atoms with Gasteiger partial charge in [-0.15, -0.1) is 0 Å². The van der Waals surface area contributed by atoms with Crippen molar-refractivity contribution in [2.45, 2.75) is 20.8 Å². The molecule has 0 fully saturated rings. The molecule has 0 saturated heterocycles. The van der Waals surface area contributed by atoms with E-state index >= 15 is 0 Å². The number of ether oxygens (including phenoxy) is 1. The minimum Gasteiger partial charge on any atom is -0.381 e. The summed E-state index contributed by atoms with van der Waals surface area (Å²) < 4.78 is 5.23. The zero-order chi connectivity index (χ0) is 8.74. The van der Waals surface area contributed by atoms with Gasteiger partial charge < -0.3 is 4.74 Å². The Labute approximate surface area is 68.2 Å². The maximum Gasteiger partial charge on any atom is 0.142 e. The zero-order valence-electron chi connectivity index (χ0n) is 7.46. The molecule has 2 nitrogen and oxygen atoms in total. The summed E-state index contributed by atoms with van der Waals surface area (Å²) in [6.07, 6.45) is 4.16. The molecule has 0 aliphatic heterocycles. The van der Waals surface area contributed by atoms with Gasteiger partial charge in [0.05, 0.1) is 6.61 Å². The van der Waals surface area contributed by atoms with Gasteiger partial charge in [0.25, 0.3) is 0 Å². The number of carbonyl (C=O) groups excluding carboxylic acids is 1. The van der Waals surface area contributed by atoms with Crippen molar-refractivity contribution in [3.63, 3.8) is 0 Å². The molecule has 64 valence electrons. The van der Waals surface area contributed by atoms with E-state index in [0.29, 0.717) is 6.61 Å². The van der Waals surface area contributed by atoms with Gasteiger partial charge in [0.1, 0.15) is 6.29 Å². The predicted molar refractivity (Wildman–Crippen MR) is 45.5 cm³/mol. The molecule has 0 spiro atoms. The maximum absolute atomic E-state index is 10.00. The van der Waals surface area contributed by atoms with Crippen molar-refractivity contribution in [2.75, 3.05) is 13.2 Å². The topological polar surface area (TPSA) is 26.3 Å². The number of carbonyl (C=O) groups is 1. The molecular formula is C9H16O2. The standard InChI is InChI=1S/C9H16O2/c1-4-11-8-9(2,3)6-5-7-10/h5-7H,4,8H2,1-3H3/b6-5+. The first-order valence-corrected chi connectivity index (χ1v) is 3.83. The van der Waals surface area contributed by atoms with Crippen LogP contribution in [0.15, 0.2) is 12.2 Å². The first-order chi connectivity index (χ1) is 5.12. The number of hydrogen-bond acceptors (Lipinski definition) is 2. The maximum atomic E-state index is 10.00. The Hall–Kier alpha value is -0.630. The fourth-order valence-electron chi connectivity index (χ4n) is 0.713. The van der Waals surface area contributed by atoms with Crippen molar-refractivity contribution in [3.8, 4) is 0 Å². The largest absolute Gasteiger partial charge is 0.381 e. The Morgan fingerprint density at radius 2 is 2.09 bits per heavy atom. The second-order valence-electron chi connectivity index (χ2n) is 3.12. The molecule has 0 aromatic rings. The minimum absolute atomic E-state index is 0.0308. The van der Waals surface area contributed by atoms with E-state index in [1.165, 1.54) is 6.08 Å². The van der Waals surface area contributed by atoms with E-state index in [2.05, 4.69) is 0 Å². The second-order valence-corrected chi connectivity index (χ2v) is 3.12. The van der Waals surface area contributed by atoms with Crippen LogP contribution >= 0.6 is 0 Å². The van der Waals surface area contributed by atoms with Crippen molar-refractivity contribution in [1.29, 1.82) is 0 Å². The number of aldehydes is 1. The zero-order valence-corrected chi connectivity index (χ0v) is 7.46. The van der Waals surface area contributed by atoms with Crippen LogP contribution in [0.1, 0.15) is 20.8 Å². The lowest BCUT2D eigenvalue weighted by molar-refractivity contribution is -0.104. The van der Waals surface area contributed by atoms with E-state index in [-0.39, 0.29) is 5.41 Å². The van der Waals surface area contributed by atoms with Crippen molar-refractivity contribution < 1.29 is 9.53 Å². The molecule has 0 saturated carbocycles. The summed E-state index contributed by atoms with van der Waals surface area (Å²) in [7, 11) is 0. The average Bonchev–Trinajstić information content (AvgIpc) is 1.97. The Bertz CT molecular complexity index is 136. The molecule has 0 aromatic heterocycles. The van der Waals surface area contributed by atoms with Crippen molar-refractivity contribution in [2.24, 2.45) is 5.41 Å². The Kier molecular flexibility index (Phi) is 4.79. The molecule has 0 radical (unpaired) electrons. The molecule has 0 amide bonds. The summed E-state index contributed by atoms with van der Waals surface area (Å²) in [6, 6.07) is 0. The van der Waals surface area contributed by atoms with E-state index < -0.39 is 0 Å². The first kappa shape index (κ1) is 10.4. The minimum atomic E-state index is -0.0308. The SMILES string of the molecule is CCOCC(C)(C)/C=C/C=O. The van der Waals surface area contributed by atoms with E-state index in [4.69, 9.17) is 4.74 Å². The number of rotatable bonds is 5. The van der Waals surface area contributed by atoms with Gasteiger partial charge in [-0.2, -0.15) is 0 Å². The van der Waals surface area contributed by atoms with E-state index in [9.17, 15) is 4.79 Å². The third kappa shape index (κ3) is 5.80. The highest BCUT2D eigenvalue weighted by Crippen LogP contribution is 2.16. The van der Waals surface area contributed by atoms with E-state index in [1.807, 2.05) is 26.8 Å². The van der Waals surface area contributed by atoms with Gasteiger partial charge in [-0.3, -0.25) is 4.79 Å². The molecule has 2 heteroatoms. The molecule has 0 aliphatic rings. The lowest BCUT2D eigenvalue weighted by Gasteiger charge is -2.18. The summed E-state index contributed by atoms with van der Waals surface area (Å²) in [5, 5.41) is 0. The van der Waals surface area contributed by atoms with Crippen molar-refractivity contribution in [3.05, 3.63) is 12.2 Å². The van der Waals surface area contributed by atoms with Gasteiger partial charge in [-0.05, 0) is 13.0 Å². The molecule has 0 atom stereocenters. The third-order valence-corrected chi connectivity index (χ3v) is 1.30. The summed E-state index contributed by atoms with van der Waals surface area (Å²) in [5.41, 5.74) is -0.0308. The summed E-state index contributed by atoms with van der Waals surface area (Å²) in [6.45, 7) is 7.40. The van der Waals surface area contributed by atoms with Crippen LogP contribution in [0.25, 0.3) is 0 Å². The lowest BCUT2D eigenvalue weighted by Crippen LogP contribution is -2.16. The summed E-state index contributed by atoms with van der Waals surface area (Å²) in [4.78, 5) is 10.00. The Morgan fingerprint density at radius 3 is 2.55 bits per heavy atom. The van der Waals surface area contributed by atoms with Gasteiger partial charge in [-0.1, -0.05) is 19.9 Å². The summed E-state index contributed by atoms with van der Waals surface area (Å²) in [5.74, 6) is 0. The molecule has 0 bridgehead atoms. The van der Waals surface area contributed by atoms with Crippen LogP contribution in [0.5, 0.6) is 0 Å². The average molecular weight is 156 g/mol.